The van der Waals surface area contributed by atoms with Gasteiger partial charge < -0.3 is 15.2 Å². The van der Waals surface area contributed by atoms with E-state index in [1.807, 2.05) is 50.2 Å². The third kappa shape index (κ3) is 4.08. The number of nitrogens with two attached hydrogens (primary N) is 1. The van der Waals surface area contributed by atoms with Crippen molar-refractivity contribution in [1.82, 2.24) is 0 Å². The van der Waals surface area contributed by atoms with Crippen molar-refractivity contribution in [2.75, 3.05) is 0 Å². The van der Waals surface area contributed by atoms with E-state index in [9.17, 15) is 10.1 Å². The number of carbonyl (C=O) groups excluding carboxylic acids is 1. The lowest BCUT2D eigenvalue weighted by molar-refractivity contribution is -0.119. The second kappa shape index (κ2) is 8.24. The number of hydrogen-bond donors (Lipinski definition) is 1. The van der Waals surface area contributed by atoms with Crippen LogP contribution in [-0.4, -0.2) is 5.78 Å². The van der Waals surface area contributed by atoms with E-state index in [1.54, 1.807) is 12.1 Å². The van der Waals surface area contributed by atoms with Crippen LogP contribution >= 0.6 is 0 Å². The van der Waals surface area contributed by atoms with Crippen molar-refractivity contribution in [3.8, 4) is 17.9 Å². The lowest BCUT2D eigenvalue weighted by atomic mass is 9.70. The molecule has 0 saturated carbocycles. The van der Waals surface area contributed by atoms with Gasteiger partial charge in [0.2, 0.25) is 5.88 Å². The lowest BCUT2D eigenvalue weighted by Gasteiger charge is -2.37. The maximum absolute atomic E-state index is 13.1. The summed E-state index contributed by atoms with van der Waals surface area (Å²) in [7, 11) is 0. The van der Waals surface area contributed by atoms with E-state index in [-0.39, 0.29) is 22.7 Å². The summed E-state index contributed by atoms with van der Waals surface area (Å²) >= 11 is 0. The fourth-order valence-electron chi connectivity index (χ4n) is 4.24. The van der Waals surface area contributed by atoms with Crippen molar-refractivity contribution in [3.63, 3.8) is 0 Å². The molecule has 2 N–H and O–H groups in total. The van der Waals surface area contributed by atoms with Crippen molar-refractivity contribution in [3.05, 3.63) is 88.0 Å². The minimum absolute atomic E-state index is 0.0228. The second-order valence-electron chi connectivity index (χ2n) is 8.87. The lowest BCUT2D eigenvalue weighted by Crippen LogP contribution is -2.33. The van der Waals surface area contributed by atoms with Crippen LogP contribution in [0.2, 0.25) is 0 Å². The summed E-state index contributed by atoms with van der Waals surface area (Å²) in [5.74, 6) is 0.610. The molecule has 2 aliphatic rings. The second-order valence-corrected chi connectivity index (χ2v) is 8.87. The molecule has 1 atom stereocenters. The van der Waals surface area contributed by atoms with Crippen LogP contribution in [0.5, 0.6) is 5.75 Å². The summed E-state index contributed by atoms with van der Waals surface area (Å²) in [4.78, 5) is 13.1. The maximum atomic E-state index is 13.1. The van der Waals surface area contributed by atoms with Crippen LogP contribution < -0.4 is 10.5 Å². The van der Waals surface area contributed by atoms with E-state index in [0.29, 0.717) is 42.1 Å². The number of nitrogens with zero attached hydrogens (tertiary/aromatic N) is 2. The molecule has 0 amide bonds. The van der Waals surface area contributed by atoms with Gasteiger partial charge in [-0.1, -0.05) is 38.1 Å². The highest BCUT2D eigenvalue weighted by atomic mass is 16.5. The van der Waals surface area contributed by atoms with Gasteiger partial charge in [-0.3, -0.25) is 4.79 Å². The molecule has 1 unspecified atom stereocenters. The Morgan fingerprint density at radius 3 is 2.56 bits per heavy atom. The summed E-state index contributed by atoms with van der Waals surface area (Å²) in [6, 6.07) is 18.8. The van der Waals surface area contributed by atoms with Gasteiger partial charge in [0.05, 0.1) is 17.6 Å². The van der Waals surface area contributed by atoms with E-state index in [4.69, 9.17) is 20.5 Å². The summed E-state index contributed by atoms with van der Waals surface area (Å²) in [5.41, 5.74) is 8.89. The number of ketones is 1. The molecule has 0 fully saturated rings. The van der Waals surface area contributed by atoms with Crippen molar-refractivity contribution in [2.45, 2.75) is 39.2 Å². The van der Waals surface area contributed by atoms with E-state index in [0.717, 1.165) is 11.1 Å². The Hall–Kier alpha value is -4.03. The molecule has 1 aliphatic carbocycles. The van der Waals surface area contributed by atoms with Crippen LogP contribution in [0.25, 0.3) is 0 Å². The highest BCUT2D eigenvalue weighted by Crippen LogP contribution is 2.48. The Kier molecular flexibility index (Phi) is 5.47. The average molecular weight is 425 g/mol. The third-order valence-corrected chi connectivity index (χ3v) is 5.76. The Balaban J connectivity index is 1.65. The van der Waals surface area contributed by atoms with Gasteiger partial charge in [0.15, 0.2) is 5.78 Å². The molecule has 6 nitrogen and oxygen atoms in total. The smallest absolute Gasteiger partial charge is 0.205 e. The fraction of sp³-hybridized carbons (Fsp3) is 0.269. The van der Waals surface area contributed by atoms with E-state index >= 15 is 0 Å². The first kappa shape index (κ1) is 21.2. The van der Waals surface area contributed by atoms with Crippen molar-refractivity contribution in [2.24, 2.45) is 11.1 Å². The SMILES string of the molecule is CC1(C)CC(=O)C2=C(C1)OC(N)=C(C#N)C2c1cccc(OCc2ccc(C#N)cc2)c1. The number of carbonyl (C=O) groups is 1. The highest BCUT2D eigenvalue weighted by molar-refractivity contribution is 6.00. The summed E-state index contributed by atoms with van der Waals surface area (Å²) in [6.07, 6.45) is 0.970. The Morgan fingerprint density at radius 2 is 1.88 bits per heavy atom. The van der Waals surface area contributed by atoms with Crippen LogP contribution in [-0.2, 0) is 16.1 Å². The van der Waals surface area contributed by atoms with Gasteiger partial charge >= 0.3 is 0 Å². The summed E-state index contributed by atoms with van der Waals surface area (Å²) < 4.78 is 11.7. The van der Waals surface area contributed by atoms with Crippen molar-refractivity contribution >= 4 is 5.78 Å². The molecule has 2 aromatic rings. The zero-order valence-electron chi connectivity index (χ0n) is 18.0. The van der Waals surface area contributed by atoms with Crippen LogP contribution in [0.3, 0.4) is 0 Å². The molecule has 1 heterocycles. The van der Waals surface area contributed by atoms with Crippen molar-refractivity contribution < 1.29 is 14.3 Å². The molecule has 0 bridgehead atoms. The Labute approximate surface area is 187 Å². The topological polar surface area (TPSA) is 109 Å². The molecule has 0 aromatic heterocycles. The maximum Gasteiger partial charge on any atom is 0.205 e. The van der Waals surface area contributed by atoms with Gasteiger partial charge in [0.1, 0.15) is 29.8 Å². The van der Waals surface area contributed by atoms with Crippen LogP contribution in [0, 0.1) is 28.1 Å². The zero-order chi connectivity index (χ0) is 22.9. The number of nitriles is 2. The quantitative estimate of drug-likeness (QED) is 0.767. The van der Waals surface area contributed by atoms with Crippen LogP contribution in [0.4, 0.5) is 0 Å². The molecule has 6 heteroatoms. The molecule has 1 aliphatic heterocycles. The standard InChI is InChI=1S/C26H23N3O3/c1-26(2)11-21(30)24-22(12-26)32-25(29)20(14-28)23(24)18-4-3-5-19(10-18)31-15-17-8-6-16(13-27)7-9-17/h3-10,23H,11-12,15,29H2,1-2H3. The Bertz CT molecular complexity index is 1220. The van der Waals surface area contributed by atoms with Gasteiger partial charge in [0.25, 0.3) is 0 Å². The molecule has 0 saturated heterocycles. The van der Waals surface area contributed by atoms with Gasteiger partial charge in [-0.2, -0.15) is 10.5 Å². The molecule has 0 radical (unpaired) electrons. The first-order valence-electron chi connectivity index (χ1n) is 10.4. The zero-order valence-corrected chi connectivity index (χ0v) is 18.0. The van der Waals surface area contributed by atoms with E-state index in [1.165, 1.54) is 0 Å². The van der Waals surface area contributed by atoms with Gasteiger partial charge in [0, 0.05) is 18.4 Å². The molecular formula is C26H23N3O3. The first-order valence-corrected chi connectivity index (χ1v) is 10.4. The molecule has 4 rings (SSSR count). The van der Waals surface area contributed by atoms with E-state index < -0.39 is 5.92 Å². The van der Waals surface area contributed by atoms with Crippen LogP contribution in [0.15, 0.2) is 71.3 Å². The van der Waals surface area contributed by atoms with Crippen LogP contribution in [0.1, 0.15) is 49.3 Å². The summed E-state index contributed by atoms with van der Waals surface area (Å²) in [6.45, 7) is 4.36. The predicted molar refractivity (Wildman–Crippen MR) is 118 cm³/mol. The number of hydrogen-bond acceptors (Lipinski definition) is 6. The van der Waals surface area contributed by atoms with Gasteiger partial charge in [-0.15, -0.1) is 0 Å². The minimum Gasteiger partial charge on any atom is -0.489 e. The third-order valence-electron chi connectivity index (χ3n) is 5.76. The Morgan fingerprint density at radius 1 is 1.12 bits per heavy atom. The average Bonchev–Trinajstić information content (AvgIpc) is 2.76. The van der Waals surface area contributed by atoms with Crippen molar-refractivity contribution in [1.29, 1.82) is 10.5 Å². The number of Topliss-reactive ketones (excluding diaryl/α,β-unsaturated/α-hetero) is 1. The molecule has 160 valence electrons. The van der Waals surface area contributed by atoms with E-state index in [2.05, 4.69) is 12.1 Å². The highest BCUT2D eigenvalue weighted by Gasteiger charge is 2.43. The largest absolute Gasteiger partial charge is 0.489 e. The molecule has 0 spiro atoms. The van der Waals surface area contributed by atoms with Gasteiger partial charge in [-0.25, -0.2) is 0 Å². The monoisotopic (exact) mass is 425 g/mol. The predicted octanol–water partition coefficient (Wildman–Crippen LogP) is 4.59. The fourth-order valence-corrected chi connectivity index (χ4v) is 4.24. The number of allylic oxidation sites excluding steroid dienone is 3. The van der Waals surface area contributed by atoms with Gasteiger partial charge in [-0.05, 0) is 40.8 Å². The number of rotatable bonds is 4. The number of benzene rings is 2. The molecule has 32 heavy (non-hydrogen) atoms. The molecule has 2 aromatic carbocycles. The summed E-state index contributed by atoms with van der Waals surface area (Å²) in [5, 5.41) is 18.7. The first-order chi connectivity index (χ1) is 15.3. The normalized spacial score (nSPS) is 19.5. The minimum atomic E-state index is -0.578. The number of ether oxygens (including phenoxy) is 2. The molecular weight excluding hydrogens is 402 g/mol.